The lowest BCUT2D eigenvalue weighted by molar-refractivity contribution is 0.313. The maximum absolute atomic E-state index is 4.67. The number of H-pyrrole nitrogens is 2. The number of piperazine rings is 1. The van der Waals surface area contributed by atoms with Gasteiger partial charge in [0, 0.05) is 54.7 Å². The lowest BCUT2D eigenvalue weighted by Crippen LogP contribution is -2.44. The number of likely N-dealkylation sites (N-methyl/N-ethyl adjacent to an activating group) is 1. The van der Waals surface area contributed by atoms with Gasteiger partial charge < -0.3 is 20.1 Å². The van der Waals surface area contributed by atoms with Crippen LogP contribution in [0.4, 0.5) is 5.69 Å². The van der Waals surface area contributed by atoms with Crippen LogP contribution in [0.1, 0.15) is 12.1 Å². The van der Waals surface area contributed by atoms with Gasteiger partial charge in [0.05, 0.1) is 23.1 Å². The van der Waals surface area contributed by atoms with Crippen molar-refractivity contribution in [1.82, 2.24) is 30.4 Å². The second kappa shape index (κ2) is 7.51. The van der Waals surface area contributed by atoms with Crippen LogP contribution in [0.2, 0.25) is 0 Å². The van der Waals surface area contributed by atoms with Crippen molar-refractivity contribution in [2.75, 3.05) is 51.2 Å². The molecule has 5 heterocycles. The number of hydrogen-bond donors (Lipinski definition) is 3. The van der Waals surface area contributed by atoms with Crippen LogP contribution in [0, 0.1) is 0 Å². The summed E-state index contributed by atoms with van der Waals surface area (Å²) in [6, 6.07) is 11.0. The summed E-state index contributed by atoms with van der Waals surface area (Å²) in [6.45, 7) is 6.21. The van der Waals surface area contributed by atoms with E-state index in [4.69, 9.17) is 0 Å². The lowest BCUT2D eigenvalue weighted by Gasteiger charge is -2.34. The van der Waals surface area contributed by atoms with Gasteiger partial charge in [0.15, 0.2) is 0 Å². The van der Waals surface area contributed by atoms with Gasteiger partial charge in [0.2, 0.25) is 0 Å². The minimum absolute atomic E-state index is 0.907. The van der Waals surface area contributed by atoms with Gasteiger partial charge in [-0.2, -0.15) is 5.10 Å². The highest BCUT2D eigenvalue weighted by molar-refractivity contribution is 6.00. The molecule has 3 aromatic heterocycles. The monoisotopic (exact) mass is 413 g/mol. The van der Waals surface area contributed by atoms with Crippen molar-refractivity contribution in [3.63, 3.8) is 0 Å². The zero-order chi connectivity index (χ0) is 20.8. The Labute approximate surface area is 181 Å². The lowest BCUT2D eigenvalue weighted by atomic mass is 10.0. The molecule has 1 fully saturated rings. The number of pyridine rings is 1. The van der Waals surface area contributed by atoms with E-state index in [9.17, 15) is 0 Å². The second-order valence-electron chi connectivity index (χ2n) is 8.58. The third-order valence-electron chi connectivity index (χ3n) is 6.58. The van der Waals surface area contributed by atoms with Crippen LogP contribution >= 0.6 is 0 Å². The maximum atomic E-state index is 4.67. The van der Waals surface area contributed by atoms with Crippen molar-refractivity contribution in [1.29, 1.82) is 0 Å². The van der Waals surface area contributed by atoms with Crippen LogP contribution in [-0.2, 0) is 0 Å². The van der Waals surface area contributed by atoms with Gasteiger partial charge >= 0.3 is 0 Å². The van der Waals surface area contributed by atoms with Gasteiger partial charge in [-0.3, -0.25) is 10.1 Å². The fraction of sp³-hybridized carbons (Fsp3) is 0.333. The van der Waals surface area contributed by atoms with Crippen LogP contribution in [0.5, 0.6) is 0 Å². The first-order valence-electron chi connectivity index (χ1n) is 11.1. The van der Waals surface area contributed by atoms with Crippen molar-refractivity contribution in [3.05, 3.63) is 48.3 Å². The number of nitrogens with zero attached hydrogens (tertiary/aromatic N) is 4. The summed E-state index contributed by atoms with van der Waals surface area (Å²) in [5.41, 5.74) is 7.76. The Bertz CT molecular complexity index is 1270. The average Bonchev–Trinajstić information content (AvgIpc) is 3.43. The first kappa shape index (κ1) is 18.6. The molecule has 0 saturated carbocycles. The Morgan fingerprint density at radius 1 is 1.00 bits per heavy atom. The molecule has 0 aliphatic carbocycles. The van der Waals surface area contributed by atoms with Gasteiger partial charge in [-0.15, -0.1) is 0 Å². The van der Waals surface area contributed by atoms with Crippen LogP contribution in [-0.4, -0.2) is 71.4 Å². The quantitative estimate of drug-likeness (QED) is 0.481. The molecule has 2 aliphatic heterocycles. The summed E-state index contributed by atoms with van der Waals surface area (Å²) in [7, 11) is 2.19. The third-order valence-corrected chi connectivity index (χ3v) is 6.58. The van der Waals surface area contributed by atoms with Crippen molar-refractivity contribution in [2.24, 2.45) is 0 Å². The Morgan fingerprint density at radius 3 is 2.74 bits per heavy atom. The van der Waals surface area contributed by atoms with Gasteiger partial charge in [0.25, 0.3) is 0 Å². The van der Waals surface area contributed by atoms with Crippen molar-refractivity contribution in [2.45, 2.75) is 6.42 Å². The minimum Gasteiger partial charge on any atom is -0.368 e. The summed E-state index contributed by atoms with van der Waals surface area (Å²) in [4.78, 5) is 13.2. The molecule has 0 spiro atoms. The standard InChI is InChI=1S/C24H27N7/c1-30-9-11-31(12-10-30)23-4-2-3-19-17(23)13-21(27-19)24-18-14-20(16-5-7-25-8-6-16)26-15-22(18)28-29-24/h2-5,13-15,25,27H,6-12H2,1H3,(H,28,29). The fourth-order valence-electron chi connectivity index (χ4n) is 4.74. The summed E-state index contributed by atoms with van der Waals surface area (Å²) >= 11 is 0. The van der Waals surface area contributed by atoms with Crippen LogP contribution in [0.3, 0.4) is 0 Å². The molecule has 3 N–H and O–H groups in total. The van der Waals surface area contributed by atoms with E-state index in [1.54, 1.807) is 0 Å². The number of aromatic amines is 2. The van der Waals surface area contributed by atoms with E-state index in [1.807, 2.05) is 6.20 Å². The smallest absolute Gasteiger partial charge is 0.116 e. The normalized spacial score (nSPS) is 18.1. The Morgan fingerprint density at radius 2 is 1.90 bits per heavy atom. The SMILES string of the molecule is CN1CCN(c2cccc3[nH]c(-c4n[nH]c5cnc(C6=CCNCC6)cc45)cc23)CC1. The van der Waals surface area contributed by atoms with Crippen molar-refractivity contribution < 1.29 is 0 Å². The molecule has 1 aromatic carbocycles. The molecule has 0 bridgehead atoms. The number of fused-ring (bicyclic) bond motifs is 2. The second-order valence-corrected chi connectivity index (χ2v) is 8.58. The van der Waals surface area contributed by atoms with Gasteiger partial charge in [-0.25, -0.2) is 0 Å². The van der Waals surface area contributed by atoms with E-state index in [0.717, 1.165) is 79.2 Å². The maximum Gasteiger partial charge on any atom is 0.116 e. The molecule has 4 aromatic rings. The summed E-state index contributed by atoms with van der Waals surface area (Å²) in [5.74, 6) is 0. The van der Waals surface area contributed by atoms with Crippen LogP contribution in [0.25, 0.3) is 38.8 Å². The molecule has 0 radical (unpaired) electrons. The van der Waals surface area contributed by atoms with E-state index in [-0.39, 0.29) is 0 Å². The topological polar surface area (TPSA) is 75.9 Å². The zero-order valence-electron chi connectivity index (χ0n) is 17.8. The minimum atomic E-state index is 0.907. The molecule has 2 aliphatic rings. The van der Waals surface area contributed by atoms with Crippen LogP contribution < -0.4 is 10.2 Å². The highest BCUT2D eigenvalue weighted by Gasteiger charge is 2.19. The first-order valence-corrected chi connectivity index (χ1v) is 11.1. The van der Waals surface area contributed by atoms with E-state index in [0.29, 0.717) is 0 Å². The van der Waals surface area contributed by atoms with Gasteiger partial charge in [-0.05, 0) is 49.9 Å². The zero-order valence-corrected chi connectivity index (χ0v) is 17.8. The van der Waals surface area contributed by atoms with Gasteiger partial charge in [0.1, 0.15) is 5.69 Å². The molecule has 0 amide bonds. The largest absolute Gasteiger partial charge is 0.368 e. The third kappa shape index (κ3) is 3.30. The molecule has 31 heavy (non-hydrogen) atoms. The fourth-order valence-corrected chi connectivity index (χ4v) is 4.74. The van der Waals surface area contributed by atoms with E-state index >= 15 is 0 Å². The number of rotatable bonds is 3. The molecule has 6 rings (SSSR count). The van der Waals surface area contributed by atoms with E-state index in [2.05, 4.69) is 78.7 Å². The highest BCUT2D eigenvalue weighted by atomic mass is 15.2. The molecule has 1 saturated heterocycles. The van der Waals surface area contributed by atoms with Crippen molar-refractivity contribution >= 4 is 33.1 Å². The number of hydrogen-bond acceptors (Lipinski definition) is 5. The highest BCUT2D eigenvalue weighted by Crippen LogP contribution is 2.34. The predicted molar refractivity (Wildman–Crippen MR) is 126 cm³/mol. The summed E-state index contributed by atoms with van der Waals surface area (Å²) in [5, 5.41) is 13.6. The number of aromatic nitrogens is 4. The number of nitrogens with one attached hydrogen (secondary N) is 3. The molecule has 0 unspecified atom stereocenters. The van der Waals surface area contributed by atoms with Crippen LogP contribution in [0.15, 0.2) is 42.6 Å². The Kier molecular flexibility index (Phi) is 4.51. The summed E-state index contributed by atoms with van der Waals surface area (Å²) in [6.07, 6.45) is 5.15. The molecule has 7 nitrogen and oxygen atoms in total. The number of anilines is 1. The molecular formula is C24H27N7. The molecular weight excluding hydrogens is 386 g/mol. The van der Waals surface area contributed by atoms with Crippen molar-refractivity contribution in [3.8, 4) is 11.4 Å². The Hall–Kier alpha value is -3.16. The first-order chi connectivity index (χ1) is 15.3. The average molecular weight is 414 g/mol. The molecule has 7 heteroatoms. The predicted octanol–water partition coefficient (Wildman–Crippen LogP) is 3.23. The molecule has 0 atom stereocenters. The van der Waals surface area contributed by atoms with E-state index in [1.165, 1.54) is 16.6 Å². The molecule has 158 valence electrons. The summed E-state index contributed by atoms with van der Waals surface area (Å²) < 4.78 is 0. The number of benzene rings is 1. The Balaban J connectivity index is 1.42. The van der Waals surface area contributed by atoms with E-state index < -0.39 is 0 Å². The van der Waals surface area contributed by atoms with Gasteiger partial charge in [-0.1, -0.05) is 12.1 Å².